The molecule has 2 atom stereocenters. The molecule has 1 amide bonds. The number of ether oxygens (including phenoxy) is 2. The number of rotatable bonds is 4. The molecule has 0 radical (unpaired) electrons. The second kappa shape index (κ2) is 6.47. The standard InChI is InChI=1S/C21H21NO3/c1-15-11-17(14-24-13-16-7-3-2-4-8-16)25-21(12-15)18-9-5-6-10-19(18)22-20(21)23/h2-11,17H,12-14H2,1H3,(H,22,23)/t17-,21+/m0/s1. The van der Waals surface area contributed by atoms with Crippen molar-refractivity contribution in [2.24, 2.45) is 0 Å². The highest BCUT2D eigenvalue weighted by Crippen LogP contribution is 2.45. The van der Waals surface area contributed by atoms with Gasteiger partial charge in [0.05, 0.1) is 13.2 Å². The molecule has 1 N–H and O–H groups in total. The molecule has 0 unspecified atom stereocenters. The molecule has 4 nitrogen and oxygen atoms in total. The summed E-state index contributed by atoms with van der Waals surface area (Å²) in [4.78, 5) is 12.7. The third-order valence-electron chi connectivity index (χ3n) is 4.72. The number of anilines is 1. The molecule has 2 heterocycles. The van der Waals surface area contributed by atoms with E-state index in [1.54, 1.807) is 0 Å². The van der Waals surface area contributed by atoms with Gasteiger partial charge in [0.25, 0.3) is 5.91 Å². The van der Waals surface area contributed by atoms with Crippen LogP contribution in [-0.4, -0.2) is 18.6 Å². The Balaban J connectivity index is 1.50. The first-order valence-electron chi connectivity index (χ1n) is 8.55. The van der Waals surface area contributed by atoms with Gasteiger partial charge in [-0.15, -0.1) is 0 Å². The summed E-state index contributed by atoms with van der Waals surface area (Å²) in [5.41, 5.74) is 3.09. The molecule has 0 saturated carbocycles. The fourth-order valence-corrected chi connectivity index (χ4v) is 3.63. The smallest absolute Gasteiger partial charge is 0.261 e. The molecule has 0 saturated heterocycles. The lowest BCUT2D eigenvalue weighted by molar-refractivity contribution is -0.154. The lowest BCUT2D eigenvalue weighted by Gasteiger charge is -2.35. The van der Waals surface area contributed by atoms with Crippen LogP contribution in [0.4, 0.5) is 5.69 Å². The number of hydrogen-bond donors (Lipinski definition) is 1. The van der Waals surface area contributed by atoms with Gasteiger partial charge in [0, 0.05) is 17.7 Å². The number of fused-ring (bicyclic) bond motifs is 2. The average Bonchev–Trinajstić information content (AvgIpc) is 2.87. The summed E-state index contributed by atoms with van der Waals surface area (Å²) in [7, 11) is 0. The number of para-hydroxylation sites is 1. The predicted octanol–water partition coefficient (Wildman–Crippen LogP) is 3.79. The molecule has 1 spiro atoms. The van der Waals surface area contributed by atoms with Gasteiger partial charge in [0.15, 0.2) is 5.60 Å². The number of carbonyl (C=O) groups excluding carboxylic acids is 1. The van der Waals surface area contributed by atoms with Crippen LogP contribution in [-0.2, 0) is 26.5 Å². The minimum Gasteiger partial charge on any atom is -0.374 e. The van der Waals surface area contributed by atoms with Crippen molar-refractivity contribution in [3.8, 4) is 0 Å². The van der Waals surface area contributed by atoms with Crippen molar-refractivity contribution < 1.29 is 14.3 Å². The second-order valence-electron chi connectivity index (χ2n) is 6.67. The van der Waals surface area contributed by atoms with E-state index in [1.165, 1.54) is 0 Å². The molecule has 0 fully saturated rings. The van der Waals surface area contributed by atoms with E-state index in [-0.39, 0.29) is 12.0 Å². The Morgan fingerprint density at radius 1 is 1.16 bits per heavy atom. The van der Waals surface area contributed by atoms with Gasteiger partial charge in [-0.3, -0.25) is 4.79 Å². The van der Waals surface area contributed by atoms with Crippen molar-refractivity contribution in [3.63, 3.8) is 0 Å². The van der Waals surface area contributed by atoms with E-state index in [2.05, 4.69) is 11.4 Å². The fourth-order valence-electron chi connectivity index (χ4n) is 3.63. The summed E-state index contributed by atoms with van der Waals surface area (Å²) in [5, 5.41) is 2.95. The van der Waals surface area contributed by atoms with Crippen LogP contribution in [0.5, 0.6) is 0 Å². The van der Waals surface area contributed by atoms with E-state index in [1.807, 2.05) is 61.5 Å². The first-order chi connectivity index (χ1) is 12.2. The SMILES string of the molecule is CC1=C[C@@H](COCc2ccccc2)O[C@@]2(C1)C(=O)Nc1ccccc12. The Kier molecular flexibility index (Phi) is 4.15. The summed E-state index contributed by atoms with van der Waals surface area (Å²) in [6.07, 6.45) is 2.39. The lowest BCUT2D eigenvalue weighted by Crippen LogP contribution is -2.44. The summed E-state index contributed by atoms with van der Waals surface area (Å²) in [5.74, 6) is -0.0887. The van der Waals surface area contributed by atoms with Crippen molar-refractivity contribution in [2.45, 2.75) is 31.7 Å². The molecule has 2 aliphatic heterocycles. The number of benzene rings is 2. The zero-order chi connectivity index (χ0) is 17.3. The van der Waals surface area contributed by atoms with Crippen molar-refractivity contribution in [2.75, 3.05) is 11.9 Å². The number of nitrogens with one attached hydrogen (secondary N) is 1. The highest BCUT2D eigenvalue weighted by atomic mass is 16.6. The van der Waals surface area contributed by atoms with Gasteiger partial charge in [0.1, 0.15) is 6.10 Å². The molecule has 0 bridgehead atoms. The zero-order valence-corrected chi connectivity index (χ0v) is 14.2. The minimum atomic E-state index is -0.934. The molecule has 4 heteroatoms. The van der Waals surface area contributed by atoms with Crippen LogP contribution in [0.2, 0.25) is 0 Å². The van der Waals surface area contributed by atoms with Gasteiger partial charge >= 0.3 is 0 Å². The van der Waals surface area contributed by atoms with Crippen molar-refractivity contribution >= 4 is 11.6 Å². The lowest BCUT2D eigenvalue weighted by atomic mass is 9.85. The van der Waals surface area contributed by atoms with Crippen LogP contribution in [0.15, 0.2) is 66.2 Å². The van der Waals surface area contributed by atoms with Crippen LogP contribution < -0.4 is 5.32 Å². The molecular weight excluding hydrogens is 314 g/mol. The molecule has 2 aromatic rings. The highest BCUT2D eigenvalue weighted by molar-refractivity contribution is 6.05. The molecule has 128 valence electrons. The van der Waals surface area contributed by atoms with Gasteiger partial charge in [0.2, 0.25) is 0 Å². The van der Waals surface area contributed by atoms with E-state index in [0.717, 1.165) is 22.4 Å². The van der Waals surface area contributed by atoms with Crippen LogP contribution in [0.1, 0.15) is 24.5 Å². The third-order valence-corrected chi connectivity index (χ3v) is 4.72. The van der Waals surface area contributed by atoms with Crippen LogP contribution in [0, 0.1) is 0 Å². The van der Waals surface area contributed by atoms with Crippen LogP contribution in [0.25, 0.3) is 0 Å². The Bertz CT molecular complexity index is 815. The fraction of sp³-hybridized carbons (Fsp3) is 0.286. The van der Waals surface area contributed by atoms with E-state index in [0.29, 0.717) is 19.6 Å². The van der Waals surface area contributed by atoms with Crippen molar-refractivity contribution in [3.05, 3.63) is 77.4 Å². The predicted molar refractivity (Wildman–Crippen MR) is 96.1 cm³/mol. The monoisotopic (exact) mass is 335 g/mol. The highest BCUT2D eigenvalue weighted by Gasteiger charge is 2.50. The first-order valence-corrected chi connectivity index (χ1v) is 8.55. The molecule has 25 heavy (non-hydrogen) atoms. The Hall–Kier alpha value is -2.43. The van der Waals surface area contributed by atoms with E-state index in [4.69, 9.17) is 9.47 Å². The van der Waals surface area contributed by atoms with Crippen LogP contribution >= 0.6 is 0 Å². The molecule has 2 aromatic carbocycles. The van der Waals surface area contributed by atoms with Crippen molar-refractivity contribution in [1.82, 2.24) is 0 Å². The maximum Gasteiger partial charge on any atom is 0.261 e. The van der Waals surface area contributed by atoms with Gasteiger partial charge in [-0.25, -0.2) is 0 Å². The second-order valence-corrected chi connectivity index (χ2v) is 6.67. The van der Waals surface area contributed by atoms with E-state index < -0.39 is 5.60 Å². The zero-order valence-electron chi connectivity index (χ0n) is 14.2. The van der Waals surface area contributed by atoms with Gasteiger partial charge in [-0.2, -0.15) is 0 Å². The Labute approximate surface area is 147 Å². The number of amides is 1. The molecule has 0 aromatic heterocycles. The van der Waals surface area contributed by atoms with Crippen LogP contribution in [0.3, 0.4) is 0 Å². The normalized spacial score (nSPS) is 24.8. The van der Waals surface area contributed by atoms with E-state index >= 15 is 0 Å². The maximum atomic E-state index is 12.7. The number of carbonyl (C=O) groups is 1. The van der Waals surface area contributed by atoms with Gasteiger partial charge in [-0.1, -0.05) is 60.2 Å². The van der Waals surface area contributed by atoms with E-state index in [9.17, 15) is 4.79 Å². The molecule has 0 aliphatic carbocycles. The minimum absolute atomic E-state index is 0.0887. The molecular formula is C21H21NO3. The first kappa shape index (κ1) is 16.1. The largest absolute Gasteiger partial charge is 0.374 e. The molecule has 2 aliphatic rings. The molecule has 4 rings (SSSR count). The average molecular weight is 335 g/mol. The van der Waals surface area contributed by atoms with Gasteiger partial charge < -0.3 is 14.8 Å². The Morgan fingerprint density at radius 3 is 2.76 bits per heavy atom. The maximum absolute atomic E-state index is 12.7. The summed E-state index contributed by atoms with van der Waals surface area (Å²) in [6, 6.07) is 17.8. The summed E-state index contributed by atoms with van der Waals surface area (Å²) < 4.78 is 12.1. The number of hydrogen-bond acceptors (Lipinski definition) is 3. The van der Waals surface area contributed by atoms with Crippen molar-refractivity contribution in [1.29, 1.82) is 0 Å². The van der Waals surface area contributed by atoms with Gasteiger partial charge in [-0.05, 0) is 18.6 Å². The summed E-state index contributed by atoms with van der Waals surface area (Å²) in [6.45, 7) is 3.00. The quantitative estimate of drug-likeness (QED) is 0.865. The third kappa shape index (κ3) is 2.99. The topological polar surface area (TPSA) is 47.6 Å². The summed E-state index contributed by atoms with van der Waals surface area (Å²) >= 11 is 0. The Morgan fingerprint density at radius 2 is 1.92 bits per heavy atom.